The molecular weight excluding hydrogens is 404 g/mol. The summed E-state index contributed by atoms with van der Waals surface area (Å²) in [5.41, 5.74) is 2.28. The molecule has 7 heteroatoms. The predicted octanol–water partition coefficient (Wildman–Crippen LogP) is 2.55. The van der Waals surface area contributed by atoms with Crippen LogP contribution in [0, 0.1) is 0 Å². The van der Waals surface area contributed by atoms with E-state index in [1.165, 1.54) is 5.01 Å². The van der Waals surface area contributed by atoms with E-state index in [0.29, 0.717) is 5.56 Å². The van der Waals surface area contributed by atoms with Gasteiger partial charge in [-0.1, -0.05) is 66.7 Å². The van der Waals surface area contributed by atoms with Crippen molar-refractivity contribution in [2.45, 2.75) is 25.4 Å². The second kappa shape index (κ2) is 9.01. The van der Waals surface area contributed by atoms with Crippen molar-refractivity contribution in [2.75, 3.05) is 7.05 Å². The summed E-state index contributed by atoms with van der Waals surface area (Å²) in [5.74, 6) is -1.06. The second-order valence-corrected chi connectivity index (χ2v) is 7.82. The number of nitrogens with one attached hydrogen (secondary N) is 2. The lowest BCUT2D eigenvalue weighted by atomic mass is 10.00. The highest BCUT2D eigenvalue weighted by Crippen LogP contribution is 2.22. The Hall–Kier alpha value is -4.00. The molecule has 162 valence electrons. The summed E-state index contributed by atoms with van der Waals surface area (Å²) in [6, 6.07) is 19.4. The zero-order valence-corrected chi connectivity index (χ0v) is 17.9. The number of hydrogen-bond acceptors (Lipinski definition) is 4. The first-order valence-corrected chi connectivity index (χ1v) is 10.4. The number of amides is 3. The lowest BCUT2D eigenvalue weighted by Crippen LogP contribution is -2.48. The molecule has 0 saturated heterocycles. The molecule has 2 atom stereocenters. The van der Waals surface area contributed by atoms with Crippen molar-refractivity contribution in [1.29, 1.82) is 0 Å². The summed E-state index contributed by atoms with van der Waals surface area (Å²) < 4.78 is 0. The molecule has 1 aliphatic rings. The molecule has 0 radical (unpaired) electrons. The number of hydrogen-bond donors (Lipinski definition) is 2. The topological polar surface area (TPSA) is 90.9 Å². The van der Waals surface area contributed by atoms with E-state index < -0.39 is 18.0 Å². The van der Waals surface area contributed by atoms with Crippen LogP contribution in [0.1, 0.15) is 29.7 Å². The van der Waals surface area contributed by atoms with Gasteiger partial charge in [-0.2, -0.15) is 5.10 Å². The molecule has 0 fully saturated rings. The van der Waals surface area contributed by atoms with Gasteiger partial charge in [0, 0.05) is 12.6 Å². The van der Waals surface area contributed by atoms with E-state index in [1.54, 1.807) is 32.3 Å². The molecule has 3 amide bonds. The van der Waals surface area contributed by atoms with Crippen LogP contribution >= 0.6 is 0 Å². The molecule has 7 nitrogen and oxygen atoms in total. The highest BCUT2D eigenvalue weighted by atomic mass is 16.2. The Kier molecular flexibility index (Phi) is 5.98. The Balaban J connectivity index is 1.42. The van der Waals surface area contributed by atoms with Gasteiger partial charge in [-0.3, -0.25) is 14.4 Å². The number of hydrazone groups is 1. The minimum absolute atomic E-state index is 0.157. The predicted molar refractivity (Wildman–Crippen MR) is 123 cm³/mol. The van der Waals surface area contributed by atoms with Crippen molar-refractivity contribution in [3.05, 3.63) is 83.4 Å². The van der Waals surface area contributed by atoms with Crippen LogP contribution in [0.3, 0.4) is 0 Å². The summed E-state index contributed by atoms with van der Waals surface area (Å²) in [5, 5.41) is 13.0. The van der Waals surface area contributed by atoms with Gasteiger partial charge in [0.1, 0.15) is 12.1 Å². The van der Waals surface area contributed by atoms with Crippen molar-refractivity contribution in [1.82, 2.24) is 15.6 Å². The lowest BCUT2D eigenvalue weighted by molar-refractivity contribution is -0.136. The van der Waals surface area contributed by atoms with Crippen LogP contribution in [0.2, 0.25) is 0 Å². The summed E-state index contributed by atoms with van der Waals surface area (Å²) in [4.78, 5) is 38.1. The van der Waals surface area contributed by atoms with Crippen LogP contribution in [-0.4, -0.2) is 42.0 Å². The van der Waals surface area contributed by atoms with Gasteiger partial charge in [-0.25, -0.2) is 5.01 Å². The van der Waals surface area contributed by atoms with E-state index in [-0.39, 0.29) is 18.2 Å². The van der Waals surface area contributed by atoms with E-state index in [1.807, 2.05) is 54.6 Å². The Morgan fingerprint density at radius 2 is 1.75 bits per heavy atom. The minimum atomic E-state index is -0.883. The van der Waals surface area contributed by atoms with Gasteiger partial charge >= 0.3 is 0 Å². The summed E-state index contributed by atoms with van der Waals surface area (Å²) in [6.45, 7) is 1.60. The van der Waals surface area contributed by atoms with Gasteiger partial charge in [0.15, 0.2) is 0 Å². The lowest BCUT2D eigenvalue weighted by Gasteiger charge is -2.23. The molecular formula is C25H24N4O3. The van der Waals surface area contributed by atoms with Crippen LogP contribution in [0.4, 0.5) is 0 Å². The number of carbonyl (C=O) groups is 3. The standard InChI is InChI=1S/C25H24N4O3/c1-16(27-22(30)14-17-11-12-18-7-3-4-8-19(18)13-17)24(31)28-23-21-10-6-5-9-20(21)15-26-29(2)25(23)32/h3-13,15-16,23H,14H2,1-2H3,(H,27,30)(H,28,31)/t16-,23?/m0/s1. The molecule has 4 rings (SSSR count). The Bertz CT molecular complexity index is 1220. The van der Waals surface area contributed by atoms with E-state index in [2.05, 4.69) is 15.7 Å². The van der Waals surface area contributed by atoms with Gasteiger partial charge in [0.05, 0.1) is 12.6 Å². The Morgan fingerprint density at radius 1 is 1.03 bits per heavy atom. The average Bonchev–Trinajstić information content (AvgIpc) is 2.91. The maximum Gasteiger partial charge on any atom is 0.269 e. The summed E-state index contributed by atoms with van der Waals surface area (Å²) >= 11 is 0. The molecule has 0 saturated carbocycles. The van der Waals surface area contributed by atoms with Crippen molar-refractivity contribution in [2.24, 2.45) is 5.10 Å². The quantitative estimate of drug-likeness (QED) is 0.654. The smallest absolute Gasteiger partial charge is 0.269 e. The third kappa shape index (κ3) is 4.51. The maximum absolute atomic E-state index is 12.8. The molecule has 0 aliphatic carbocycles. The molecule has 3 aromatic rings. The summed E-state index contributed by atoms with van der Waals surface area (Å²) in [7, 11) is 1.54. The molecule has 3 aromatic carbocycles. The first-order chi connectivity index (χ1) is 15.4. The van der Waals surface area contributed by atoms with Crippen LogP contribution in [0.5, 0.6) is 0 Å². The first kappa shape index (κ1) is 21.2. The van der Waals surface area contributed by atoms with Crippen LogP contribution in [0.25, 0.3) is 10.8 Å². The number of nitrogens with zero attached hydrogens (tertiary/aromatic N) is 2. The monoisotopic (exact) mass is 428 g/mol. The van der Waals surface area contributed by atoms with Crippen LogP contribution in [-0.2, 0) is 20.8 Å². The Labute approximate surface area is 186 Å². The van der Waals surface area contributed by atoms with E-state index in [4.69, 9.17) is 0 Å². The molecule has 32 heavy (non-hydrogen) atoms. The average molecular weight is 428 g/mol. The highest BCUT2D eigenvalue weighted by molar-refractivity contribution is 5.96. The first-order valence-electron chi connectivity index (χ1n) is 10.4. The van der Waals surface area contributed by atoms with Gasteiger partial charge in [0.2, 0.25) is 11.8 Å². The fourth-order valence-electron chi connectivity index (χ4n) is 3.72. The van der Waals surface area contributed by atoms with Gasteiger partial charge in [-0.15, -0.1) is 0 Å². The van der Waals surface area contributed by atoms with E-state index in [9.17, 15) is 14.4 Å². The molecule has 1 heterocycles. The normalized spacial score (nSPS) is 16.2. The molecule has 0 bridgehead atoms. The van der Waals surface area contributed by atoms with Crippen LogP contribution in [0.15, 0.2) is 71.8 Å². The third-order valence-corrected chi connectivity index (χ3v) is 5.48. The minimum Gasteiger partial charge on any atom is -0.344 e. The molecule has 0 aromatic heterocycles. The second-order valence-electron chi connectivity index (χ2n) is 7.82. The van der Waals surface area contributed by atoms with Crippen molar-refractivity contribution in [3.8, 4) is 0 Å². The van der Waals surface area contributed by atoms with Crippen molar-refractivity contribution in [3.63, 3.8) is 0 Å². The Morgan fingerprint density at radius 3 is 2.56 bits per heavy atom. The van der Waals surface area contributed by atoms with Gasteiger partial charge in [0.25, 0.3) is 5.91 Å². The summed E-state index contributed by atoms with van der Waals surface area (Å²) in [6.07, 6.45) is 1.75. The van der Waals surface area contributed by atoms with Crippen molar-refractivity contribution < 1.29 is 14.4 Å². The number of benzene rings is 3. The number of fused-ring (bicyclic) bond motifs is 2. The molecule has 1 aliphatic heterocycles. The van der Waals surface area contributed by atoms with E-state index >= 15 is 0 Å². The molecule has 2 N–H and O–H groups in total. The van der Waals surface area contributed by atoms with Gasteiger partial charge < -0.3 is 10.6 Å². The zero-order chi connectivity index (χ0) is 22.7. The molecule has 0 spiro atoms. The van der Waals surface area contributed by atoms with Crippen LogP contribution < -0.4 is 10.6 Å². The zero-order valence-electron chi connectivity index (χ0n) is 17.9. The number of rotatable bonds is 5. The SMILES string of the molecule is C[C@H](NC(=O)Cc1ccc2ccccc2c1)C(=O)NC1C(=O)N(C)N=Cc2ccccc21. The third-order valence-electron chi connectivity index (χ3n) is 5.48. The molecule has 1 unspecified atom stereocenters. The van der Waals surface area contributed by atoms with Gasteiger partial charge in [-0.05, 0) is 28.8 Å². The maximum atomic E-state index is 12.8. The largest absolute Gasteiger partial charge is 0.344 e. The number of likely N-dealkylation sites (N-methyl/N-ethyl adjacent to an activating group) is 1. The highest BCUT2D eigenvalue weighted by Gasteiger charge is 2.30. The van der Waals surface area contributed by atoms with E-state index in [0.717, 1.165) is 21.9 Å². The fraction of sp³-hybridized carbons (Fsp3) is 0.200. The van der Waals surface area contributed by atoms with Crippen molar-refractivity contribution >= 4 is 34.7 Å². The fourth-order valence-corrected chi connectivity index (χ4v) is 3.72. The number of carbonyl (C=O) groups excluding carboxylic acids is 3.